The second-order valence-corrected chi connectivity index (χ2v) is 7.40. The van der Waals surface area contributed by atoms with Crippen molar-refractivity contribution in [3.63, 3.8) is 0 Å². The van der Waals surface area contributed by atoms with E-state index >= 15 is 0 Å². The van der Waals surface area contributed by atoms with Crippen LogP contribution in [0.3, 0.4) is 0 Å². The molecule has 2 amide bonds. The number of hydrogen-bond acceptors (Lipinski definition) is 4. The van der Waals surface area contributed by atoms with Gasteiger partial charge in [-0.15, -0.1) is 0 Å². The summed E-state index contributed by atoms with van der Waals surface area (Å²) in [5.74, 6) is -1.68. The van der Waals surface area contributed by atoms with Gasteiger partial charge in [-0.25, -0.2) is 0 Å². The highest BCUT2D eigenvalue weighted by atomic mass is 16.3. The molecule has 5 nitrogen and oxygen atoms in total. The second-order valence-electron chi connectivity index (χ2n) is 7.40. The maximum atomic E-state index is 13.0. The van der Waals surface area contributed by atoms with Crippen LogP contribution in [0.25, 0.3) is 0 Å². The molecule has 2 aromatic carbocycles. The van der Waals surface area contributed by atoms with Crippen LogP contribution in [0.4, 0.5) is 0 Å². The second kappa shape index (κ2) is 6.72. The zero-order valence-electron chi connectivity index (χ0n) is 15.2. The molecule has 0 radical (unpaired) electrons. The summed E-state index contributed by atoms with van der Waals surface area (Å²) in [7, 11) is 0. The molecule has 27 heavy (non-hydrogen) atoms. The van der Waals surface area contributed by atoms with Gasteiger partial charge in [0.1, 0.15) is 11.5 Å². The van der Waals surface area contributed by atoms with Crippen LogP contribution in [0.15, 0.2) is 48.5 Å². The number of para-hydroxylation sites is 2. The Hall–Kier alpha value is -2.82. The number of carbonyl (C=O) groups excluding carboxylic acids is 2. The number of benzene rings is 2. The number of unbranched alkanes of at least 4 members (excludes halogenated alkanes) is 1. The fraction of sp³-hybridized carbons (Fsp3) is 0.364. The summed E-state index contributed by atoms with van der Waals surface area (Å²) < 4.78 is 0. The Morgan fingerprint density at radius 1 is 0.778 bits per heavy atom. The number of likely N-dealkylation sites (tertiary alicyclic amines) is 1. The number of phenolic OH excluding ortho intramolecular Hbond substituents is 2. The first-order chi connectivity index (χ1) is 13.1. The Labute approximate surface area is 158 Å². The fourth-order valence-electron chi connectivity index (χ4n) is 4.68. The summed E-state index contributed by atoms with van der Waals surface area (Å²) in [6, 6.07) is 13.9. The number of amides is 2. The lowest BCUT2D eigenvalue weighted by atomic mass is 9.53. The van der Waals surface area contributed by atoms with E-state index in [1.807, 2.05) is 19.1 Å². The topological polar surface area (TPSA) is 77.8 Å². The van der Waals surface area contributed by atoms with Gasteiger partial charge in [-0.3, -0.25) is 14.5 Å². The first-order valence-electron chi connectivity index (χ1n) is 9.47. The molecule has 1 aliphatic heterocycles. The van der Waals surface area contributed by atoms with Gasteiger partial charge in [0.15, 0.2) is 0 Å². The van der Waals surface area contributed by atoms with Crippen LogP contribution in [0, 0.1) is 11.8 Å². The molecular formula is C22H23NO4. The molecular weight excluding hydrogens is 342 g/mol. The molecule has 140 valence electrons. The largest absolute Gasteiger partial charge is 0.508 e. The summed E-state index contributed by atoms with van der Waals surface area (Å²) in [5.41, 5.74) is 1.32. The summed E-state index contributed by atoms with van der Waals surface area (Å²) in [4.78, 5) is 27.4. The molecule has 4 rings (SSSR count). The van der Waals surface area contributed by atoms with E-state index in [9.17, 15) is 19.8 Å². The van der Waals surface area contributed by atoms with Crippen molar-refractivity contribution in [2.24, 2.45) is 11.8 Å². The van der Waals surface area contributed by atoms with Crippen LogP contribution in [-0.4, -0.2) is 33.5 Å². The number of carbonyl (C=O) groups is 2. The highest BCUT2D eigenvalue weighted by Crippen LogP contribution is 2.63. The maximum Gasteiger partial charge on any atom is 0.233 e. The molecule has 2 aromatic rings. The number of nitrogens with zero attached hydrogens (tertiary/aromatic N) is 1. The molecule has 4 atom stereocenters. The SMILES string of the molecule is CCCCN1C(=O)[C@@H]2[C@@H](C1=O)[C@@H](c1ccccc1O)[C@@H]2c1ccccc1O. The Bertz CT molecular complexity index is 824. The quantitative estimate of drug-likeness (QED) is 0.797. The first-order valence-corrected chi connectivity index (χ1v) is 9.47. The predicted octanol–water partition coefficient (Wildman–Crippen LogP) is 3.38. The zero-order valence-corrected chi connectivity index (χ0v) is 15.2. The van der Waals surface area contributed by atoms with E-state index in [1.54, 1.807) is 36.4 Å². The highest BCUT2D eigenvalue weighted by Gasteiger charge is 2.65. The summed E-state index contributed by atoms with van der Waals surface area (Å²) in [6.45, 7) is 2.46. The smallest absolute Gasteiger partial charge is 0.233 e. The van der Waals surface area contributed by atoms with Crippen molar-refractivity contribution in [3.05, 3.63) is 59.7 Å². The number of fused-ring (bicyclic) bond motifs is 1. The first kappa shape index (κ1) is 17.6. The molecule has 2 aliphatic rings. The standard InChI is InChI=1S/C22H23NO4/c1-2-3-12-23-21(26)19-17(13-8-4-6-10-15(13)24)18(20(19)22(23)27)14-9-5-7-11-16(14)25/h4-11,17-20,24-25H,2-3,12H2,1H3/t17-,18-,19-,20-/m0/s1. The third-order valence-electron chi connectivity index (χ3n) is 5.98. The van der Waals surface area contributed by atoms with Crippen LogP contribution in [0.2, 0.25) is 0 Å². The Morgan fingerprint density at radius 3 is 1.63 bits per heavy atom. The van der Waals surface area contributed by atoms with Crippen LogP contribution in [0.5, 0.6) is 11.5 Å². The zero-order chi connectivity index (χ0) is 19.1. The van der Waals surface area contributed by atoms with Crippen molar-refractivity contribution in [1.82, 2.24) is 4.90 Å². The normalized spacial score (nSPS) is 26.8. The lowest BCUT2D eigenvalue weighted by molar-refractivity contribution is -0.139. The van der Waals surface area contributed by atoms with Gasteiger partial charge in [0.25, 0.3) is 0 Å². The van der Waals surface area contributed by atoms with Gasteiger partial charge in [-0.2, -0.15) is 0 Å². The average molecular weight is 365 g/mol. The minimum Gasteiger partial charge on any atom is -0.508 e. The van der Waals surface area contributed by atoms with Crippen LogP contribution >= 0.6 is 0 Å². The number of imide groups is 1. The number of hydrogen-bond donors (Lipinski definition) is 2. The van der Waals surface area contributed by atoms with Crippen molar-refractivity contribution < 1.29 is 19.8 Å². The fourth-order valence-corrected chi connectivity index (χ4v) is 4.68. The van der Waals surface area contributed by atoms with E-state index in [4.69, 9.17) is 0 Å². The third-order valence-corrected chi connectivity index (χ3v) is 5.98. The third kappa shape index (κ3) is 2.60. The van der Waals surface area contributed by atoms with E-state index in [-0.39, 0.29) is 35.1 Å². The molecule has 1 saturated carbocycles. The number of phenols is 2. The minimum absolute atomic E-state index is 0.119. The molecule has 1 aliphatic carbocycles. The van der Waals surface area contributed by atoms with Crippen LogP contribution < -0.4 is 0 Å². The molecule has 1 saturated heterocycles. The Morgan fingerprint density at radius 2 is 1.22 bits per heavy atom. The summed E-state index contributed by atoms with van der Waals surface area (Å²) in [6.07, 6.45) is 1.68. The monoisotopic (exact) mass is 365 g/mol. The van der Waals surface area contributed by atoms with Gasteiger partial charge in [0.05, 0.1) is 11.8 Å². The van der Waals surface area contributed by atoms with Crippen molar-refractivity contribution in [2.45, 2.75) is 31.6 Å². The molecule has 0 spiro atoms. The molecule has 5 heteroatoms. The van der Waals surface area contributed by atoms with Crippen molar-refractivity contribution in [3.8, 4) is 11.5 Å². The molecule has 1 heterocycles. The number of aromatic hydroxyl groups is 2. The van der Waals surface area contributed by atoms with Gasteiger partial charge in [0, 0.05) is 18.4 Å². The van der Waals surface area contributed by atoms with Gasteiger partial charge < -0.3 is 10.2 Å². The van der Waals surface area contributed by atoms with E-state index < -0.39 is 11.8 Å². The van der Waals surface area contributed by atoms with E-state index in [1.165, 1.54) is 4.90 Å². The average Bonchev–Trinajstić information content (AvgIpc) is 2.84. The lowest BCUT2D eigenvalue weighted by Gasteiger charge is -2.46. The molecule has 0 bridgehead atoms. The van der Waals surface area contributed by atoms with Crippen LogP contribution in [0.1, 0.15) is 42.7 Å². The van der Waals surface area contributed by atoms with E-state index in [2.05, 4.69) is 0 Å². The van der Waals surface area contributed by atoms with Crippen molar-refractivity contribution in [2.75, 3.05) is 6.54 Å². The lowest BCUT2D eigenvalue weighted by Crippen LogP contribution is -2.45. The van der Waals surface area contributed by atoms with Crippen LogP contribution in [-0.2, 0) is 9.59 Å². The molecule has 2 fully saturated rings. The molecule has 0 aromatic heterocycles. The Balaban J connectivity index is 1.79. The summed E-state index contributed by atoms with van der Waals surface area (Å²) >= 11 is 0. The van der Waals surface area contributed by atoms with Gasteiger partial charge in [0.2, 0.25) is 11.8 Å². The summed E-state index contributed by atoms with van der Waals surface area (Å²) in [5, 5.41) is 20.8. The van der Waals surface area contributed by atoms with E-state index in [0.717, 1.165) is 12.8 Å². The Kier molecular flexibility index (Phi) is 4.38. The molecule has 0 unspecified atom stereocenters. The van der Waals surface area contributed by atoms with Crippen molar-refractivity contribution >= 4 is 11.8 Å². The van der Waals surface area contributed by atoms with Crippen molar-refractivity contribution in [1.29, 1.82) is 0 Å². The minimum atomic E-state index is -0.479. The van der Waals surface area contributed by atoms with Gasteiger partial charge >= 0.3 is 0 Å². The highest BCUT2D eigenvalue weighted by molar-refractivity contribution is 6.08. The predicted molar refractivity (Wildman–Crippen MR) is 100 cm³/mol. The van der Waals surface area contributed by atoms with E-state index in [0.29, 0.717) is 17.7 Å². The maximum absolute atomic E-state index is 13.0. The number of rotatable bonds is 5. The van der Waals surface area contributed by atoms with Gasteiger partial charge in [-0.05, 0) is 29.7 Å². The molecule has 2 N–H and O–H groups in total. The van der Waals surface area contributed by atoms with Gasteiger partial charge in [-0.1, -0.05) is 49.7 Å².